The molecule has 134 valence electrons. The van der Waals surface area contributed by atoms with Crippen LogP contribution in [0.1, 0.15) is 34.3 Å². The van der Waals surface area contributed by atoms with Crippen LogP contribution in [0.25, 0.3) is 10.2 Å². The average molecular weight is 373 g/mol. The Morgan fingerprint density at radius 2 is 2.12 bits per heavy atom. The molecular weight excluding hydrogens is 356 g/mol. The fourth-order valence-corrected chi connectivity index (χ4v) is 4.29. The van der Waals surface area contributed by atoms with Gasteiger partial charge in [0.05, 0.1) is 5.69 Å². The van der Waals surface area contributed by atoms with Gasteiger partial charge in [0.25, 0.3) is 5.91 Å². The number of pyridine rings is 1. The molecule has 1 atom stereocenters. The van der Waals surface area contributed by atoms with Gasteiger partial charge in [-0.05, 0) is 48.9 Å². The molecule has 0 saturated carbocycles. The zero-order valence-electron chi connectivity index (χ0n) is 14.1. The number of nitrogens with two attached hydrogens (primary N) is 1. The first-order valence-electron chi connectivity index (χ1n) is 8.39. The first kappa shape index (κ1) is 16.9. The fourth-order valence-electron chi connectivity index (χ4n) is 3.30. The van der Waals surface area contributed by atoms with Crippen molar-refractivity contribution in [3.63, 3.8) is 0 Å². The van der Waals surface area contributed by atoms with Crippen molar-refractivity contribution in [2.45, 2.75) is 26.2 Å². The maximum atomic E-state index is 13.3. The summed E-state index contributed by atoms with van der Waals surface area (Å²) in [5, 5.41) is 3.34. The van der Waals surface area contributed by atoms with Gasteiger partial charge in [-0.1, -0.05) is 6.92 Å². The van der Waals surface area contributed by atoms with Gasteiger partial charge in [0.15, 0.2) is 11.6 Å². The highest BCUT2D eigenvalue weighted by molar-refractivity contribution is 7.21. The summed E-state index contributed by atoms with van der Waals surface area (Å²) in [6, 6.07) is 5.25. The minimum atomic E-state index is -1.02. The number of nitrogens with one attached hydrogen (secondary N) is 1. The highest BCUT2D eigenvalue weighted by Gasteiger charge is 2.22. The standard InChI is InChI=1S/C19H17F2N3OS/c1-9-2-5-15-10(6-9)7-12-16(22)17(26-19(12)24-15)18(25)23-11-3-4-13(20)14(21)8-11/h3-4,7-9H,2,5-6,22H2,1H3,(H,23,25). The molecule has 3 N–H and O–H groups in total. The molecule has 2 aromatic heterocycles. The monoisotopic (exact) mass is 373 g/mol. The number of aromatic nitrogens is 1. The second-order valence-corrected chi connectivity index (χ2v) is 7.72. The van der Waals surface area contributed by atoms with Crippen LogP contribution in [-0.2, 0) is 12.8 Å². The molecule has 1 unspecified atom stereocenters. The number of nitrogen functional groups attached to an aromatic ring is 1. The van der Waals surface area contributed by atoms with Crippen molar-refractivity contribution in [2.24, 2.45) is 5.92 Å². The Bertz CT molecular complexity index is 1030. The summed E-state index contributed by atoms with van der Waals surface area (Å²) in [6.07, 6.45) is 3.00. The maximum Gasteiger partial charge on any atom is 0.267 e. The summed E-state index contributed by atoms with van der Waals surface area (Å²) in [6.45, 7) is 2.21. The number of thiophene rings is 1. The van der Waals surface area contributed by atoms with E-state index in [-0.39, 0.29) is 5.69 Å². The minimum absolute atomic E-state index is 0.173. The molecule has 1 amide bonds. The summed E-state index contributed by atoms with van der Waals surface area (Å²) in [4.78, 5) is 18.3. The highest BCUT2D eigenvalue weighted by Crippen LogP contribution is 2.36. The van der Waals surface area contributed by atoms with Gasteiger partial charge in [0.2, 0.25) is 0 Å². The summed E-state index contributed by atoms with van der Waals surface area (Å²) >= 11 is 1.22. The topological polar surface area (TPSA) is 68.0 Å². The molecule has 0 bridgehead atoms. The average Bonchev–Trinajstić information content (AvgIpc) is 2.92. The second-order valence-electron chi connectivity index (χ2n) is 6.72. The van der Waals surface area contributed by atoms with Crippen molar-refractivity contribution in [3.05, 3.63) is 52.0 Å². The third-order valence-electron chi connectivity index (χ3n) is 4.72. The van der Waals surface area contributed by atoms with E-state index in [0.29, 0.717) is 16.5 Å². The van der Waals surface area contributed by atoms with E-state index in [2.05, 4.69) is 12.2 Å². The van der Waals surface area contributed by atoms with E-state index in [1.165, 1.54) is 23.0 Å². The molecule has 1 aliphatic carbocycles. The van der Waals surface area contributed by atoms with E-state index >= 15 is 0 Å². The Labute approximate surface area is 153 Å². The summed E-state index contributed by atoms with van der Waals surface area (Å²) in [5.41, 5.74) is 9.00. The Morgan fingerprint density at radius 3 is 2.88 bits per heavy atom. The van der Waals surface area contributed by atoms with Gasteiger partial charge in [-0.3, -0.25) is 4.79 Å². The molecule has 0 fully saturated rings. The van der Waals surface area contributed by atoms with E-state index in [4.69, 9.17) is 10.7 Å². The number of fused-ring (bicyclic) bond motifs is 2. The summed E-state index contributed by atoms with van der Waals surface area (Å²) < 4.78 is 26.3. The zero-order chi connectivity index (χ0) is 18.4. The predicted octanol–water partition coefficient (Wildman–Crippen LogP) is 4.53. The number of carbonyl (C=O) groups excluding carboxylic acids is 1. The lowest BCUT2D eigenvalue weighted by molar-refractivity contribution is 0.103. The Balaban J connectivity index is 1.68. The molecule has 3 aromatic rings. The van der Waals surface area contributed by atoms with Gasteiger partial charge in [0, 0.05) is 22.8 Å². The second kappa shape index (κ2) is 6.32. The minimum Gasteiger partial charge on any atom is -0.397 e. The maximum absolute atomic E-state index is 13.3. The molecule has 0 radical (unpaired) electrons. The van der Waals surface area contributed by atoms with Crippen molar-refractivity contribution in [2.75, 3.05) is 11.1 Å². The smallest absolute Gasteiger partial charge is 0.267 e. The van der Waals surface area contributed by atoms with Crippen LogP contribution in [-0.4, -0.2) is 10.9 Å². The Kier molecular flexibility index (Phi) is 4.11. The Morgan fingerprint density at radius 1 is 1.31 bits per heavy atom. The lowest BCUT2D eigenvalue weighted by Gasteiger charge is -2.20. The van der Waals surface area contributed by atoms with Crippen molar-refractivity contribution in [3.8, 4) is 0 Å². The molecule has 0 spiro atoms. The summed E-state index contributed by atoms with van der Waals surface area (Å²) in [5.74, 6) is -1.83. The zero-order valence-corrected chi connectivity index (χ0v) is 14.9. The first-order chi connectivity index (χ1) is 12.4. The van der Waals surface area contributed by atoms with Crippen LogP contribution in [0.5, 0.6) is 0 Å². The van der Waals surface area contributed by atoms with Gasteiger partial charge in [-0.15, -0.1) is 11.3 Å². The van der Waals surface area contributed by atoms with Crippen molar-refractivity contribution >= 4 is 38.8 Å². The van der Waals surface area contributed by atoms with E-state index in [1.54, 1.807) is 0 Å². The van der Waals surface area contributed by atoms with Crippen LogP contribution in [0.4, 0.5) is 20.2 Å². The van der Waals surface area contributed by atoms with Gasteiger partial charge in [-0.2, -0.15) is 0 Å². The molecule has 26 heavy (non-hydrogen) atoms. The third-order valence-corrected chi connectivity index (χ3v) is 5.83. The van der Waals surface area contributed by atoms with Crippen LogP contribution in [0, 0.1) is 17.6 Å². The number of hydrogen-bond donors (Lipinski definition) is 2. The normalized spacial score (nSPS) is 16.5. The largest absolute Gasteiger partial charge is 0.397 e. The number of rotatable bonds is 2. The van der Waals surface area contributed by atoms with E-state index < -0.39 is 17.5 Å². The number of hydrogen-bond acceptors (Lipinski definition) is 4. The Hall–Kier alpha value is -2.54. The van der Waals surface area contributed by atoms with Crippen LogP contribution in [0.15, 0.2) is 24.3 Å². The van der Waals surface area contributed by atoms with Crippen LogP contribution in [0.3, 0.4) is 0 Å². The molecule has 0 aliphatic heterocycles. The lowest BCUT2D eigenvalue weighted by atomic mass is 9.87. The van der Waals surface area contributed by atoms with Crippen molar-refractivity contribution < 1.29 is 13.6 Å². The number of nitrogens with zero attached hydrogens (tertiary/aromatic N) is 1. The van der Waals surface area contributed by atoms with Gasteiger partial charge < -0.3 is 11.1 Å². The van der Waals surface area contributed by atoms with E-state index in [1.807, 2.05) is 6.07 Å². The van der Waals surface area contributed by atoms with Gasteiger partial charge in [0.1, 0.15) is 9.71 Å². The van der Waals surface area contributed by atoms with E-state index in [9.17, 15) is 13.6 Å². The van der Waals surface area contributed by atoms with E-state index in [0.717, 1.165) is 47.3 Å². The van der Waals surface area contributed by atoms with Crippen molar-refractivity contribution in [1.82, 2.24) is 4.98 Å². The first-order valence-corrected chi connectivity index (χ1v) is 9.21. The molecule has 4 nitrogen and oxygen atoms in total. The molecule has 7 heteroatoms. The molecule has 4 rings (SSSR count). The third kappa shape index (κ3) is 2.92. The number of carbonyl (C=O) groups is 1. The number of halogens is 2. The van der Waals surface area contributed by atoms with Gasteiger partial charge >= 0.3 is 0 Å². The molecular formula is C19H17F2N3OS. The fraction of sp³-hybridized carbons (Fsp3) is 0.263. The quantitative estimate of drug-likeness (QED) is 0.693. The SMILES string of the molecule is CC1CCc2nc3sc(C(=O)Nc4ccc(F)c(F)c4)c(N)c3cc2C1. The van der Waals surface area contributed by atoms with Crippen LogP contribution < -0.4 is 11.1 Å². The molecule has 0 saturated heterocycles. The van der Waals surface area contributed by atoms with Gasteiger partial charge in [-0.25, -0.2) is 13.8 Å². The highest BCUT2D eigenvalue weighted by atomic mass is 32.1. The molecule has 2 heterocycles. The molecule has 1 aromatic carbocycles. The van der Waals surface area contributed by atoms with Crippen molar-refractivity contribution in [1.29, 1.82) is 0 Å². The molecule has 1 aliphatic rings. The van der Waals surface area contributed by atoms with Crippen LogP contribution in [0.2, 0.25) is 0 Å². The number of benzene rings is 1. The number of aryl methyl sites for hydroxylation is 1. The lowest BCUT2D eigenvalue weighted by Crippen LogP contribution is -2.13. The number of amides is 1. The van der Waals surface area contributed by atoms with Crippen LogP contribution >= 0.6 is 11.3 Å². The predicted molar refractivity (Wildman–Crippen MR) is 99.5 cm³/mol. The summed E-state index contributed by atoms with van der Waals surface area (Å²) in [7, 11) is 0. The number of anilines is 2.